The van der Waals surface area contributed by atoms with E-state index in [-0.39, 0.29) is 5.78 Å². The predicted octanol–water partition coefficient (Wildman–Crippen LogP) is 2.49. The van der Waals surface area contributed by atoms with Gasteiger partial charge in [-0.05, 0) is 20.3 Å². The molecule has 0 fully saturated rings. The summed E-state index contributed by atoms with van der Waals surface area (Å²) in [5, 5.41) is 0. The fraction of sp³-hybridized carbons (Fsp3) is 0.444. The van der Waals surface area contributed by atoms with Gasteiger partial charge >= 0.3 is 0 Å². The van der Waals surface area contributed by atoms with E-state index >= 15 is 0 Å². The average molecular weight is 138 g/mol. The van der Waals surface area contributed by atoms with Crippen molar-refractivity contribution in [2.24, 2.45) is 0 Å². The van der Waals surface area contributed by atoms with Gasteiger partial charge in [0.15, 0.2) is 0 Å². The quantitative estimate of drug-likeness (QED) is 0.545. The number of Topliss-reactive ketones (excluding diaryl/α,β-unsaturated/α-hetero) is 1. The summed E-state index contributed by atoms with van der Waals surface area (Å²) in [7, 11) is 0. The second-order valence-electron chi connectivity index (χ2n) is 2.18. The van der Waals surface area contributed by atoms with Crippen molar-refractivity contribution in [3.05, 3.63) is 24.3 Å². The first-order valence-electron chi connectivity index (χ1n) is 3.53. The molecule has 1 nitrogen and oxygen atoms in total. The van der Waals surface area contributed by atoms with Crippen molar-refractivity contribution in [1.82, 2.24) is 0 Å². The number of hydrogen-bond donors (Lipinski definition) is 0. The minimum atomic E-state index is 0.219. The van der Waals surface area contributed by atoms with Gasteiger partial charge in [-0.2, -0.15) is 0 Å². The van der Waals surface area contributed by atoms with Gasteiger partial charge in [0.25, 0.3) is 0 Å². The standard InChI is InChI=1S/C9H14O/c1-3-4-5-6-7-8-9(2)10/h3-4,6-7H,5,8H2,1-2H3/b4-3-,7-6-. The average Bonchev–Trinajstić information content (AvgIpc) is 1.87. The summed E-state index contributed by atoms with van der Waals surface area (Å²) in [6, 6.07) is 0. The lowest BCUT2D eigenvalue weighted by Gasteiger charge is -1.82. The summed E-state index contributed by atoms with van der Waals surface area (Å²) in [6.07, 6.45) is 9.46. The number of carbonyl (C=O) groups excluding carboxylic acids is 1. The number of hydrogen-bond acceptors (Lipinski definition) is 1. The number of allylic oxidation sites excluding steroid dienone is 4. The normalized spacial score (nSPS) is 11.4. The maximum absolute atomic E-state index is 10.4. The van der Waals surface area contributed by atoms with E-state index < -0.39 is 0 Å². The monoisotopic (exact) mass is 138 g/mol. The first-order valence-corrected chi connectivity index (χ1v) is 3.53. The van der Waals surface area contributed by atoms with E-state index in [9.17, 15) is 4.79 Å². The van der Waals surface area contributed by atoms with Crippen LogP contribution in [-0.2, 0) is 4.79 Å². The highest BCUT2D eigenvalue weighted by Gasteiger charge is 1.83. The molecule has 0 saturated carbocycles. The third kappa shape index (κ3) is 7.15. The van der Waals surface area contributed by atoms with Crippen LogP contribution < -0.4 is 0 Å². The lowest BCUT2D eigenvalue weighted by molar-refractivity contribution is -0.116. The maximum Gasteiger partial charge on any atom is 0.133 e. The van der Waals surface area contributed by atoms with Crippen molar-refractivity contribution in [2.75, 3.05) is 0 Å². The van der Waals surface area contributed by atoms with Crippen LogP contribution in [0.3, 0.4) is 0 Å². The van der Waals surface area contributed by atoms with Crippen LogP contribution in [-0.4, -0.2) is 5.78 Å². The van der Waals surface area contributed by atoms with Crippen molar-refractivity contribution in [2.45, 2.75) is 26.7 Å². The highest BCUT2D eigenvalue weighted by atomic mass is 16.1. The van der Waals surface area contributed by atoms with E-state index in [4.69, 9.17) is 0 Å². The summed E-state index contributed by atoms with van der Waals surface area (Å²) < 4.78 is 0. The van der Waals surface area contributed by atoms with Gasteiger partial charge in [0.1, 0.15) is 5.78 Å². The third-order valence-corrected chi connectivity index (χ3v) is 1.08. The number of carbonyl (C=O) groups is 1. The van der Waals surface area contributed by atoms with Crippen molar-refractivity contribution in [1.29, 1.82) is 0 Å². The van der Waals surface area contributed by atoms with Gasteiger partial charge in [-0.1, -0.05) is 24.3 Å². The molecule has 0 radical (unpaired) electrons. The minimum Gasteiger partial charge on any atom is -0.300 e. The molecule has 0 unspecified atom stereocenters. The van der Waals surface area contributed by atoms with E-state index in [1.54, 1.807) is 6.92 Å². The molecular formula is C9H14O. The van der Waals surface area contributed by atoms with E-state index in [0.717, 1.165) is 6.42 Å². The van der Waals surface area contributed by atoms with Gasteiger partial charge in [-0.3, -0.25) is 4.79 Å². The lowest BCUT2D eigenvalue weighted by atomic mass is 10.2. The molecule has 1 heteroatoms. The zero-order valence-corrected chi connectivity index (χ0v) is 6.63. The first kappa shape index (κ1) is 9.15. The summed E-state index contributed by atoms with van der Waals surface area (Å²) in [5.74, 6) is 0.219. The fourth-order valence-electron chi connectivity index (χ4n) is 0.560. The molecule has 56 valence electrons. The van der Waals surface area contributed by atoms with E-state index in [0.29, 0.717) is 6.42 Å². The van der Waals surface area contributed by atoms with Gasteiger partial charge in [0.05, 0.1) is 0 Å². The summed E-state index contributed by atoms with van der Waals surface area (Å²) in [6.45, 7) is 3.58. The molecule has 0 amide bonds. The van der Waals surface area contributed by atoms with Crippen molar-refractivity contribution >= 4 is 5.78 Å². The summed E-state index contributed by atoms with van der Waals surface area (Å²) in [5.41, 5.74) is 0. The van der Waals surface area contributed by atoms with E-state index in [1.165, 1.54) is 0 Å². The van der Waals surface area contributed by atoms with Gasteiger partial charge in [0.2, 0.25) is 0 Å². The molecule has 0 aliphatic carbocycles. The Hall–Kier alpha value is -0.850. The summed E-state index contributed by atoms with van der Waals surface area (Å²) in [4.78, 5) is 10.4. The Balaban J connectivity index is 3.29. The Morgan fingerprint density at radius 1 is 1.30 bits per heavy atom. The second-order valence-corrected chi connectivity index (χ2v) is 2.18. The smallest absolute Gasteiger partial charge is 0.133 e. The Labute approximate surface area is 62.4 Å². The van der Waals surface area contributed by atoms with Crippen molar-refractivity contribution < 1.29 is 4.79 Å². The highest BCUT2D eigenvalue weighted by Crippen LogP contribution is 1.89. The molecule has 0 rings (SSSR count). The van der Waals surface area contributed by atoms with Crippen molar-refractivity contribution in [3.8, 4) is 0 Å². The van der Waals surface area contributed by atoms with Crippen LogP contribution in [0.2, 0.25) is 0 Å². The van der Waals surface area contributed by atoms with Gasteiger partial charge in [0, 0.05) is 6.42 Å². The fourth-order valence-corrected chi connectivity index (χ4v) is 0.560. The molecule has 0 aliphatic rings. The Kier molecular flexibility index (Phi) is 5.74. The zero-order chi connectivity index (χ0) is 7.82. The molecule has 0 aromatic carbocycles. The molecule has 0 aliphatic heterocycles. The molecule has 0 spiro atoms. The molecule has 10 heavy (non-hydrogen) atoms. The lowest BCUT2D eigenvalue weighted by Crippen LogP contribution is -1.83. The van der Waals surface area contributed by atoms with E-state index in [2.05, 4.69) is 6.08 Å². The van der Waals surface area contributed by atoms with Crippen molar-refractivity contribution in [3.63, 3.8) is 0 Å². The molecule has 0 bridgehead atoms. The van der Waals surface area contributed by atoms with Gasteiger partial charge in [-0.25, -0.2) is 0 Å². The van der Waals surface area contributed by atoms with E-state index in [1.807, 2.05) is 25.2 Å². The van der Waals surface area contributed by atoms with Crippen LogP contribution in [0.5, 0.6) is 0 Å². The third-order valence-electron chi connectivity index (χ3n) is 1.08. The van der Waals surface area contributed by atoms with Crippen LogP contribution in [0.4, 0.5) is 0 Å². The van der Waals surface area contributed by atoms with Crippen LogP contribution in [0, 0.1) is 0 Å². The molecule has 0 heterocycles. The van der Waals surface area contributed by atoms with Gasteiger partial charge < -0.3 is 0 Å². The largest absolute Gasteiger partial charge is 0.300 e. The minimum absolute atomic E-state index is 0.219. The topological polar surface area (TPSA) is 17.1 Å². The van der Waals surface area contributed by atoms with Gasteiger partial charge in [-0.15, -0.1) is 0 Å². The second kappa shape index (κ2) is 6.27. The predicted molar refractivity (Wildman–Crippen MR) is 43.9 cm³/mol. The Morgan fingerprint density at radius 2 is 2.00 bits per heavy atom. The number of ketones is 1. The SMILES string of the molecule is C/C=C\C/C=C\CC(C)=O. The van der Waals surface area contributed by atoms with Crippen LogP contribution in [0.1, 0.15) is 26.7 Å². The Morgan fingerprint density at radius 3 is 2.50 bits per heavy atom. The molecular weight excluding hydrogens is 124 g/mol. The maximum atomic E-state index is 10.4. The zero-order valence-electron chi connectivity index (χ0n) is 6.63. The molecule has 0 aromatic heterocycles. The molecule has 0 saturated heterocycles. The molecule has 0 atom stereocenters. The van der Waals surface area contributed by atoms with Crippen LogP contribution in [0.25, 0.3) is 0 Å². The Bertz CT molecular complexity index is 143. The molecule has 0 aromatic rings. The summed E-state index contributed by atoms with van der Waals surface area (Å²) >= 11 is 0. The molecule has 0 N–H and O–H groups in total. The van der Waals surface area contributed by atoms with Crippen LogP contribution in [0.15, 0.2) is 24.3 Å². The number of rotatable bonds is 4. The van der Waals surface area contributed by atoms with Crippen LogP contribution >= 0.6 is 0 Å². The highest BCUT2D eigenvalue weighted by molar-refractivity contribution is 5.76. The first-order chi connectivity index (χ1) is 4.77.